The minimum atomic E-state index is -0.182. The van der Waals surface area contributed by atoms with E-state index in [1.165, 1.54) is 64.8 Å². The van der Waals surface area contributed by atoms with E-state index in [0.29, 0.717) is 0 Å². The number of hydrogen-bond donors (Lipinski definition) is 0. The number of rotatable bonds is 7. The first kappa shape index (κ1) is 44.2. The number of nitrogens with zero attached hydrogens (tertiary/aromatic N) is 3. The van der Waals surface area contributed by atoms with Gasteiger partial charge in [-0.2, -0.15) is 0 Å². The Balaban J connectivity index is 0.980. The van der Waals surface area contributed by atoms with Crippen LogP contribution in [0, 0.1) is 0 Å². The minimum absolute atomic E-state index is 0.0506. The molecule has 0 atom stereocenters. The van der Waals surface area contributed by atoms with Crippen molar-refractivity contribution in [2.24, 2.45) is 0 Å². The summed E-state index contributed by atoms with van der Waals surface area (Å²) in [4.78, 5) is 9.96. The normalized spacial score (nSPS) is 14.3. The number of benzene rings is 11. The van der Waals surface area contributed by atoms with Crippen molar-refractivity contribution in [3.8, 4) is 34.1 Å². The van der Waals surface area contributed by atoms with Crippen LogP contribution < -0.4 is 57.0 Å². The van der Waals surface area contributed by atoms with Gasteiger partial charge in [0.2, 0.25) is 6.71 Å². The third kappa shape index (κ3) is 6.71. The molecular formula is C69H47B2N3O2S. The molecule has 0 fully saturated rings. The minimum Gasteiger partial charge on any atom is -0.457 e. The maximum Gasteiger partial charge on any atom is 0.252 e. The van der Waals surface area contributed by atoms with Gasteiger partial charge in [-0.3, -0.25) is 0 Å². The van der Waals surface area contributed by atoms with Gasteiger partial charge in [0, 0.05) is 84.6 Å². The SMILES string of the molecule is CC1(C)c2ccccc2-c2ccc(N3c4ccccc4B4c5cc6c(cc5N(c5ccccc5)c5cc(Oc7ccccc7)cc3c54)N(c3ccccc3)c3cc(Oc4ccccc4)cc4c3B6c3ccccc3S4)cc21. The monoisotopic (exact) mass is 1000 g/mol. The van der Waals surface area contributed by atoms with Gasteiger partial charge in [-0.25, -0.2) is 0 Å². The lowest BCUT2D eigenvalue weighted by Gasteiger charge is -2.46. The van der Waals surface area contributed by atoms with Gasteiger partial charge in [-0.1, -0.05) is 177 Å². The third-order valence-corrected chi connectivity index (χ3v) is 17.7. The smallest absolute Gasteiger partial charge is 0.252 e. The Morgan fingerprint density at radius 2 is 0.818 bits per heavy atom. The highest BCUT2D eigenvalue weighted by Crippen LogP contribution is 2.53. The Hall–Kier alpha value is -9.10. The molecule has 5 nitrogen and oxygen atoms in total. The van der Waals surface area contributed by atoms with Gasteiger partial charge in [0.15, 0.2) is 0 Å². The lowest BCUT2D eigenvalue weighted by Crippen LogP contribution is -2.64. The Labute approximate surface area is 453 Å². The molecule has 5 aliphatic rings. The van der Waals surface area contributed by atoms with E-state index in [2.05, 4.69) is 217 Å². The molecule has 4 heterocycles. The van der Waals surface area contributed by atoms with E-state index >= 15 is 0 Å². The maximum atomic E-state index is 7.00. The first-order valence-electron chi connectivity index (χ1n) is 26.5. The molecule has 0 N–H and O–H groups in total. The summed E-state index contributed by atoms with van der Waals surface area (Å²) < 4.78 is 13.8. The molecule has 8 heteroatoms. The fourth-order valence-electron chi connectivity index (χ4n) is 13.3. The molecule has 11 aromatic carbocycles. The van der Waals surface area contributed by atoms with Crippen LogP contribution in [-0.2, 0) is 5.41 Å². The summed E-state index contributed by atoms with van der Waals surface area (Å²) in [5, 5.41) is 0. The molecular weight excluding hydrogens is 956 g/mol. The standard InChI is InChI=1S/C69H47B2N3O2S/c1-69(2)53-30-16-15-29-51(53)52-36-35-46(37-54(52)69)74-59-33-19-17-31-55(59)70-57-42-58-61(43-60(57)72(44-21-7-3-8-22-44)62-38-49(39-63(74)67(62)70)75-47-25-11-5-12-26-47)73(45-23-9-4-10-24-45)64-40-50(76-48-27-13-6-14-28-48)41-66-68(64)71(58)56-32-18-20-34-65(56)77-66/h3-43H,1-2H3. The molecule has 0 saturated carbocycles. The number of hydrogen-bond acceptors (Lipinski definition) is 6. The van der Waals surface area contributed by atoms with Gasteiger partial charge >= 0.3 is 0 Å². The zero-order valence-corrected chi connectivity index (χ0v) is 43.2. The molecule has 0 amide bonds. The summed E-state index contributed by atoms with van der Waals surface area (Å²) in [5.74, 6) is 3.15. The molecule has 1 aliphatic carbocycles. The second-order valence-corrected chi connectivity index (χ2v) is 22.3. The van der Waals surface area contributed by atoms with Crippen LogP contribution >= 0.6 is 11.8 Å². The molecule has 77 heavy (non-hydrogen) atoms. The number of ether oxygens (including phenoxy) is 2. The van der Waals surface area contributed by atoms with Gasteiger partial charge in [0.25, 0.3) is 6.71 Å². The van der Waals surface area contributed by atoms with E-state index < -0.39 is 0 Å². The third-order valence-electron chi connectivity index (χ3n) is 16.5. The summed E-state index contributed by atoms with van der Waals surface area (Å²) in [6.07, 6.45) is 0. The lowest BCUT2D eigenvalue weighted by molar-refractivity contribution is 0.481. The highest BCUT2D eigenvalue weighted by Gasteiger charge is 2.48. The van der Waals surface area contributed by atoms with Crippen molar-refractivity contribution in [3.05, 3.63) is 260 Å². The van der Waals surface area contributed by atoms with Gasteiger partial charge in [0.1, 0.15) is 23.0 Å². The Bertz CT molecular complexity index is 4210. The van der Waals surface area contributed by atoms with Gasteiger partial charge in [0.05, 0.1) is 0 Å². The molecule has 0 saturated heterocycles. The van der Waals surface area contributed by atoms with Crippen LogP contribution in [0.15, 0.2) is 259 Å². The van der Waals surface area contributed by atoms with E-state index in [1.807, 2.05) is 72.4 Å². The zero-order valence-electron chi connectivity index (χ0n) is 42.4. The number of para-hydroxylation sites is 5. The summed E-state index contributed by atoms with van der Waals surface area (Å²) >= 11 is 1.84. The van der Waals surface area contributed by atoms with Crippen LogP contribution in [0.25, 0.3) is 11.1 Å². The van der Waals surface area contributed by atoms with Crippen molar-refractivity contribution in [1.29, 1.82) is 0 Å². The largest absolute Gasteiger partial charge is 0.457 e. The van der Waals surface area contributed by atoms with Crippen LogP contribution in [0.3, 0.4) is 0 Å². The predicted molar refractivity (Wildman–Crippen MR) is 321 cm³/mol. The Morgan fingerprint density at radius 1 is 0.325 bits per heavy atom. The molecule has 11 aromatic rings. The Kier molecular flexibility index (Phi) is 9.74. The Morgan fingerprint density at radius 3 is 1.47 bits per heavy atom. The molecule has 4 aliphatic heterocycles. The molecule has 0 bridgehead atoms. The first-order chi connectivity index (χ1) is 37.9. The fraction of sp³-hybridized carbons (Fsp3) is 0.0435. The fourth-order valence-corrected chi connectivity index (χ4v) is 14.5. The molecule has 16 rings (SSSR count). The molecule has 0 radical (unpaired) electrons. The summed E-state index contributed by atoms with van der Waals surface area (Å²) in [5.41, 5.74) is 22.7. The molecule has 0 unspecified atom stereocenters. The van der Waals surface area contributed by atoms with Crippen molar-refractivity contribution in [1.82, 2.24) is 0 Å². The number of fused-ring (bicyclic) bond motifs is 11. The van der Waals surface area contributed by atoms with E-state index in [0.717, 1.165) is 74.2 Å². The van der Waals surface area contributed by atoms with Gasteiger partial charge in [-0.05, 0) is 134 Å². The maximum absolute atomic E-state index is 7.00. The van der Waals surface area contributed by atoms with Crippen LogP contribution in [0.2, 0.25) is 0 Å². The van der Waals surface area contributed by atoms with Crippen molar-refractivity contribution in [2.75, 3.05) is 14.7 Å². The highest BCUT2D eigenvalue weighted by atomic mass is 32.2. The van der Waals surface area contributed by atoms with Gasteiger partial charge < -0.3 is 24.2 Å². The molecule has 0 spiro atoms. The van der Waals surface area contributed by atoms with E-state index in [4.69, 9.17) is 9.47 Å². The van der Waals surface area contributed by atoms with Crippen molar-refractivity contribution < 1.29 is 9.47 Å². The molecule has 362 valence electrons. The first-order valence-corrected chi connectivity index (χ1v) is 27.4. The van der Waals surface area contributed by atoms with Crippen LogP contribution in [0.4, 0.5) is 51.2 Å². The molecule has 0 aromatic heterocycles. The van der Waals surface area contributed by atoms with Crippen molar-refractivity contribution in [2.45, 2.75) is 29.1 Å². The topological polar surface area (TPSA) is 28.2 Å². The summed E-state index contributed by atoms with van der Waals surface area (Å²) in [6, 6.07) is 90.4. The summed E-state index contributed by atoms with van der Waals surface area (Å²) in [6.45, 7) is 4.56. The average Bonchev–Trinajstić information content (AvgIpc) is 3.88. The second kappa shape index (κ2) is 17.0. The summed E-state index contributed by atoms with van der Waals surface area (Å²) in [7, 11) is 0. The number of anilines is 9. The highest BCUT2D eigenvalue weighted by molar-refractivity contribution is 8.00. The van der Waals surface area contributed by atoms with Crippen molar-refractivity contribution >= 4 is 109 Å². The van der Waals surface area contributed by atoms with E-state index in [1.54, 1.807) is 0 Å². The second-order valence-electron chi connectivity index (χ2n) is 21.2. The van der Waals surface area contributed by atoms with Crippen LogP contribution in [-0.4, -0.2) is 13.4 Å². The van der Waals surface area contributed by atoms with Crippen molar-refractivity contribution in [3.63, 3.8) is 0 Å². The van der Waals surface area contributed by atoms with Gasteiger partial charge in [-0.15, -0.1) is 0 Å². The van der Waals surface area contributed by atoms with E-state index in [9.17, 15) is 0 Å². The van der Waals surface area contributed by atoms with E-state index in [-0.39, 0.29) is 18.8 Å². The van der Waals surface area contributed by atoms with Crippen LogP contribution in [0.1, 0.15) is 25.0 Å². The zero-order chi connectivity index (χ0) is 50.9. The average molecular weight is 1000 g/mol. The lowest BCUT2D eigenvalue weighted by atomic mass is 9.30. The predicted octanol–water partition coefficient (Wildman–Crippen LogP) is 14.4. The van der Waals surface area contributed by atoms with Crippen LogP contribution in [0.5, 0.6) is 23.0 Å². The quantitative estimate of drug-likeness (QED) is 0.148.